The van der Waals surface area contributed by atoms with Crippen LogP contribution >= 0.6 is 0 Å². The van der Waals surface area contributed by atoms with Gasteiger partial charge in [0.15, 0.2) is 0 Å². The average Bonchev–Trinajstić information content (AvgIpc) is 1.97. The molecule has 0 aliphatic heterocycles. The van der Waals surface area contributed by atoms with Gasteiger partial charge < -0.3 is 0 Å². The maximum atomic E-state index is 3.61. The third kappa shape index (κ3) is 13.9. The SMILES string of the molecule is [CH2-]/C=C/C/C=C/CCCC.[K+]. The summed E-state index contributed by atoms with van der Waals surface area (Å²) in [7, 11) is 0. The van der Waals surface area contributed by atoms with Crippen molar-refractivity contribution in [3.63, 3.8) is 0 Å². The van der Waals surface area contributed by atoms with Gasteiger partial charge in [0.25, 0.3) is 0 Å². The molecule has 0 bridgehead atoms. The van der Waals surface area contributed by atoms with Gasteiger partial charge in [0, 0.05) is 0 Å². The fraction of sp³-hybridized carbons (Fsp3) is 0.500. The minimum atomic E-state index is 0. The summed E-state index contributed by atoms with van der Waals surface area (Å²) in [6, 6.07) is 0. The van der Waals surface area contributed by atoms with Crippen LogP contribution in [-0.4, -0.2) is 0 Å². The Bertz CT molecular complexity index is 103. The first-order valence-electron chi connectivity index (χ1n) is 4.01. The van der Waals surface area contributed by atoms with Crippen molar-refractivity contribution in [1.82, 2.24) is 0 Å². The van der Waals surface area contributed by atoms with Crippen molar-refractivity contribution >= 4 is 0 Å². The summed E-state index contributed by atoms with van der Waals surface area (Å²) < 4.78 is 0. The smallest absolute Gasteiger partial charge is 0.245 e. The third-order valence-electron chi connectivity index (χ3n) is 1.33. The second-order valence-electron chi connectivity index (χ2n) is 2.32. The molecule has 0 radical (unpaired) electrons. The van der Waals surface area contributed by atoms with Gasteiger partial charge in [0.05, 0.1) is 0 Å². The molecular formula is C10H17K. The van der Waals surface area contributed by atoms with Crippen LogP contribution in [0.2, 0.25) is 0 Å². The molecule has 0 fully saturated rings. The molecule has 0 unspecified atom stereocenters. The average molecular weight is 176 g/mol. The molecule has 0 aliphatic rings. The summed E-state index contributed by atoms with van der Waals surface area (Å²) in [5.41, 5.74) is 0. The Hall–Kier alpha value is 0.986. The summed E-state index contributed by atoms with van der Waals surface area (Å²) in [5, 5.41) is 0. The van der Waals surface area contributed by atoms with E-state index in [1.807, 2.05) is 6.08 Å². The van der Waals surface area contributed by atoms with Crippen LogP contribution in [0.4, 0.5) is 0 Å². The molecule has 0 atom stereocenters. The molecule has 58 valence electrons. The van der Waals surface area contributed by atoms with E-state index in [9.17, 15) is 0 Å². The Morgan fingerprint density at radius 1 is 1.18 bits per heavy atom. The van der Waals surface area contributed by atoms with E-state index in [1.165, 1.54) is 19.3 Å². The fourth-order valence-corrected chi connectivity index (χ4v) is 0.711. The zero-order valence-corrected chi connectivity index (χ0v) is 11.0. The van der Waals surface area contributed by atoms with E-state index in [2.05, 4.69) is 32.1 Å². The second-order valence-corrected chi connectivity index (χ2v) is 2.32. The molecule has 0 aliphatic carbocycles. The monoisotopic (exact) mass is 176 g/mol. The van der Waals surface area contributed by atoms with Crippen LogP contribution in [0.25, 0.3) is 0 Å². The molecule has 0 aromatic heterocycles. The Balaban J connectivity index is 0. The molecule has 0 saturated carbocycles. The summed E-state index contributed by atoms with van der Waals surface area (Å²) in [6.07, 6.45) is 13.2. The summed E-state index contributed by atoms with van der Waals surface area (Å²) >= 11 is 0. The normalized spacial score (nSPS) is 10.6. The zero-order chi connectivity index (χ0) is 7.66. The van der Waals surface area contributed by atoms with Crippen LogP contribution in [0.5, 0.6) is 0 Å². The molecule has 0 N–H and O–H groups in total. The van der Waals surface area contributed by atoms with Crippen LogP contribution in [0.15, 0.2) is 24.3 Å². The number of hydrogen-bond donors (Lipinski definition) is 0. The van der Waals surface area contributed by atoms with Gasteiger partial charge in [-0.05, 0) is 6.42 Å². The largest absolute Gasteiger partial charge is 1.00 e. The second kappa shape index (κ2) is 13.6. The molecule has 0 aromatic rings. The first-order chi connectivity index (χ1) is 4.91. The fourth-order valence-electron chi connectivity index (χ4n) is 0.711. The van der Waals surface area contributed by atoms with E-state index >= 15 is 0 Å². The van der Waals surface area contributed by atoms with Crippen LogP contribution < -0.4 is 51.4 Å². The number of allylic oxidation sites excluding steroid dienone is 4. The number of rotatable bonds is 5. The van der Waals surface area contributed by atoms with Gasteiger partial charge in [0.1, 0.15) is 0 Å². The van der Waals surface area contributed by atoms with Crippen molar-refractivity contribution in [2.24, 2.45) is 0 Å². The third-order valence-corrected chi connectivity index (χ3v) is 1.33. The van der Waals surface area contributed by atoms with E-state index in [-0.39, 0.29) is 51.4 Å². The first kappa shape index (κ1) is 14.5. The van der Waals surface area contributed by atoms with Crippen LogP contribution in [0, 0.1) is 6.92 Å². The van der Waals surface area contributed by atoms with E-state index in [0.717, 1.165) is 6.42 Å². The molecule has 1 heteroatoms. The topological polar surface area (TPSA) is 0 Å². The molecule has 0 spiro atoms. The van der Waals surface area contributed by atoms with Gasteiger partial charge in [-0.3, -0.25) is 0 Å². The van der Waals surface area contributed by atoms with Gasteiger partial charge in [-0.25, -0.2) is 19.1 Å². The van der Waals surface area contributed by atoms with Gasteiger partial charge in [0.2, 0.25) is 0 Å². The summed E-state index contributed by atoms with van der Waals surface area (Å²) in [5.74, 6) is 0. The quantitative estimate of drug-likeness (QED) is 0.248. The number of hydrogen-bond acceptors (Lipinski definition) is 0. The summed E-state index contributed by atoms with van der Waals surface area (Å²) in [4.78, 5) is 0. The maximum Gasteiger partial charge on any atom is 1.00 e. The minimum Gasteiger partial charge on any atom is -0.245 e. The predicted octanol–water partition coefficient (Wildman–Crippen LogP) is 0.517. The van der Waals surface area contributed by atoms with E-state index in [1.54, 1.807) is 0 Å². The van der Waals surface area contributed by atoms with Crippen LogP contribution in [0.3, 0.4) is 0 Å². The first-order valence-corrected chi connectivity index (χ1v) is 4.01. The Morgan fingerprint density at radius 3 is 2.45 bits per heavy atom. The van der Waals surface area contributed by atoms with Gasteiger partial charge in [-0.2, -0.15) is 0 Å². The zero-order valence-electron chi connectivity index (χ0n) is 7.84. The van der Waals surface area contributed by atoms with Crippen LogP contribution in [-0.2, 0) is 0 Å². The summed E-state index contributed by atoms with van der Waals surface area (Å²) in [6.45, 7) is 5.82. The molecule has 0 aromatic carbocycles. The van der Waals surface area contributed by atoms with Crippen molar-refractivity contribution in [2.45, 2.75) is 32.6 Å². The van der Waals surface area contributed by atoms with E-state index in [0.29, 0.717) is 0 Å². The molecule has 11 heavy (non-hydrogen) atoms. The van der Waals surface area contributed by atoms with Gasteiger partial charge >= 0.3 is 51.4 Å². The molecule has 0 heterocycles. The molecule has 0 amide bonds. The molecule has 0 nitrogen and oxygen atoms in total. The van der Waals surface area contributed by atoms with Gasteiger partial charge in [-0.1, -0.05) is 32.3 Å². The maximum absolute atomic E-state index is 3.61. The van der Waals surface area contributed by atoms with Crippen molar-refractivity contribution in [2.75, 3.05) is 0 Å². The Kier molecular flexibility index (Phi) is 17.9. The molecule has 0 rings (SSSR count). The van der Waals surface area contributed by atoms with Crippen molar-refractivity contribution in [1.29, 1.82) is 0 Å². The van der Waals surface area contributed by atoms with E-state index < -0.39 is 0 Å². The number of unbranched alkanes of at least 4 members (excludes halogenated alkanes) is 2. The van der Waals surface area contributed by atoms with Crippen molar-refractivity contribution < 1.29 is 51.4 Å². The van der Waals surface area contributed by atoms with Crippen LogP contribution in [0.1, 0.15) is 32.6 Å². The standard InChI is InChI=1S/C10H17.K/c1-3-5-7-9-10-8-6-4-2;/h3,5,9-10H,1,4,6-8H2,2H3;/q-1;+1/b5-3+,10-9+;. The van der Waals surface area contributed by atoms with E-state index in [4.69, 9.17) is 0 Å². The van der Waals surface area contributed by atoms with Gasteiger partial charge in [-0.15, -0.1) is 6.08 Å². The molecular weight excluding hydrogens is 159 g/mol. The van der Waals surface area contributed by atoms with Crippen molar-refractivity contribution in [3.05, 3.63) is 31.2 Å². The minimum absolute atomic E-state index is 0. The Morgan fingerprint density at radius 2 is 1.91 bits per heavy atom. The molecule has 0 saturated heterocycles. The predicted molar refractivity (Wildman–Crippen MR) is 47.8 cm³/mol. The Labute approximate surface area is 114 Å². The van der Waals surface area contributed by atoms with Crippen molar-refractivity contribution in [3.8, 4) is 0 Å².